The lowest BCUT2D eigenvalue weighted by Gasteiger charge is -2.07. The summed E-state index contributed by atoms with van der Waals surface area (Å²) in [4.78, 5) is 8.73. The standard InChI is InChI=1S/C15H13ClN2OS/c16-9-11-10-20-15(18-11)6-8-19-14-5-1-4-13-12(14)3-2-7-17-13/h1-5,7,10H,6,8-9H2. The molecule has 0 atom stereocenters. The highest BCUT2D eigenvalue weighted by Crippen LogP contribution is 2.24. The van der Waals surface area contributed by atoms with Gasteiger partial charge in [0.15, 0.2) is 0 Å². The van der Waals surface area contributed by atoms with Gasteiger partial charge in [0.05, 0.1) is 28.7 Å². The molecule has 102 valence electrons. The van der Waals surface area contributed by atoms with E-state index >= 15 is 0 Å². The van der Waals surface area contributed by atoms with Crippen LogP contribution in [0, 0.1) is 0 Å². The zero-order valence-corrected chi connectivity index (χ0v) is 12.3. The number of aromatic nitrogens is 2. The second-order valence-electron chi connectivity index (χ2n) is 4.29. The van der Waals surface area contributed by atoms with E-state index in [4.69, 9.17) is 16.3 Å². The van der Waals surface area contributed by atoms with Crippen molar-refractivity contribution < 1.29 is 4.74 Å². The van der Waals surface area contributed by atoms with Gasteiger partial charge in [0.2, 0.25) is 0 Å². The summed E-state index contributed by atoms with van der Waals surface area (Å²) in [6.07, 6.45) is 2.58. The summed E-state index contributed by atoms with van der Waals surface area (Å²) in [5, 5.41) is 4.08. The fourth-order valence-electron chi connectivity index (χ4n) is 1.97. The normalized spacial score (nSPS) is 10.8. The van der Waals surface area contributed by atoms with Gasteiger partial charge in [-0.25, -0.2) is 4.98 Å². The molecule has 0 radical (unpaired) electrons. The van der Waals surface area contributed by atoms with Gasteiger partial charge in [0.25, 0.3) is 0 Å². The Morgan fingerprint density at radius 3 is 3.00 bits per heavy atom. The summed E-state index contributed by atoms with van der Waals surface area (Å²) in [5.74, 6) is 1.33. The molecule has 0 aliphatic rings. The number of alkyl halides is 1. The summed E-state index contributed by atoms with van der Waals surface area (Å²) in [6, 6.07) is 9.85. The number of ether oxygens (including phenoxy) is 1. The third-order valence-corrected chi connectivity index (χ3v) is 4.15. The molecule has 0 spiro atoms. The summed E-state index contributed by atoms with van der Waals surface area (Å²) in [5.41, 5.74) is 1.88. The number of hydrogen-bond donors (Lipinski definition) is 0. The Bertz CT molecular complexity index is 708. The highest BCUT2D eigenvalue weighted by atomic mass is 35.5. The molecule has 0 aliphatic heterocycles. The Hall–Kier alpha value is -1.65. The number of rotatable bonds is 5. The fourth-order valence-corrected chi connectivity index (χ4v) is 2.98. The lowest BCUT2D eigenvalue weighted by Crippen LogP contribution is -2.01. The minimum absolute atomic E-state index is 0.465. The molecule has 0 saturated carbocycles. The summed E-state index contributed by atoms with van der Waals surface area (Å²) < 4.78 is 5.86. The van der Waals surface area contributed by atoms with Crippen LogP contribution < -0.4 is 4.74 Å². The lowest BCUT2D eigenvalue weighted by molar-refractivity contribution is 0.325. The molecule has 0 saturated heterocycles. The quantitative estimate of drug-likeness (QED) is 0.667. The molecular formula is C15H13ClN2OS. The van der Waals surface area contributed by atoms with Crippen molar-refractivity contribution >= 4 is 33.8 Å². The maximum absolute atomic E-state index is 5.86. The molecule has 0 aliphatic carbocycles. The summed E-state index contributed by atoms with van der Waals surface area (Å²) >= 11 is 7.37. The van der Waals surface area contributed by atoms with Crippen LogP contribution in [0.2, 0.25) is 0 Å². The van der Waals surface area contributed by atoms with Gasteiger partial charge in [-0.2, -0.15) is 0 Å². The molecule has 0 unspecified atom stereocenters. The van der Waals surface area contributed by atoms with Gasteiger partial charge in [0.1, 0.15) is 5.75 Å². The van der Waals surface area contributed by atoms with Crippen molar-refractivity contribution in [3.8, 4) is 5.75 Å². The van der Waals surface area contributed by atoms with Crippen LogP contribution in [0.1, 0.15) is 10.7 Å². The van der Waals surface area contributed by atoms with Crippen LogP contribution in [0.5, 0.6) is 5.75 Å². The van der Waals surface area contributed by atoms with Crippen molar-refractivity contribution in [3.63, 3.8) is 0 Å². The zero-order valence-electron chi connectivity index (χ0n) is 10.8. The SMILES string of the molecule is ClCc1csc(CCOc2cccc3ncccc23)n1. The van der Waals surface area contributed by atoms with E-state index in [9.17, 15) is 0 Å². The number of fused-ring (bicyclic) bond motifs is 1. The Morgan fingerprint density at radius 2 is 2.15 bits per heavy atom. The number of pyridine rings is 1. The largest absolute Gasteiger partial charge is 0.492 e. The second-order valence-corrected chi connectivity index (χ2v) is 5.50. The van der Waals surface area contributed by atoms with Gasteiger partial charge in [-0.05, 0) is 24.3 Å². The van der Waals surface area contributed by atoms with Crippen molar-refractivity contribution in [1.82, 2.24) is 9.97 Å². The lowest BCUT2D eigenvalue weighted by atomic mass is 10.2. The third kappa shape index (κ3) is 2.92. The average Bonchev–Trinajstić information content (AvgIpc) is 2.95. The molecule has 1 aromatic carbocycles. The van der Waals surface area contributed by atoms with Gasteiger partial charge in [0, 0.05) is 23.4 Å². The van der Waals surface area contributed by atoms with Crippen LogP contribution in [0.15, 0.2) is 41.9 Å². The molecule has 5 heteroatoms. The minimum Gasteiger partial charge on any atom is -0.492 e. The summed E-state index contributed by atoms with van der Waals surface area (Å²) in [6.45, 7) is 0.600. The van der Waals surface area contributed by atoms with Crippen LogP contribution in [0.3, 0.4) is 0 Å². The van der Waals surface area contributed by atoms with Crippen LogP contribution >= 0.6 is 22.9 Å². The number of nitrogens with zero attached hydrogens (tertiary/aromatic N) is 2. The fraction of sp³-hybridized carbons (Fsp3) is 0.200. The number of benzene rings is 1. The number of hydrogen-bond acceptors (Lipinski definition) is 4. The van der Waals surface area contributed by atoms with Gasteiger partial charge in [-0.15, -0.1) is 22.9 Å². The third-order valence-electron chi connectivity index (χ3n) is 2.92. The summed E-state index contributed by atoms with van der Waals surface area (Å²) in [7, 11) is 0. The first-order chi connectivity index (χ1) is 9.86. The second kappa shape index (κ2) is 6.20. The molecular weight excluding hydrogens is 292 g/mol. The first-order valence-corrected chi connectivity index (χ1v) is 7.74. The van der Waals surface area contributed by atoms with E-state index in [1.165, 1.54) is 0 Å². The molecule has 0 N–H and O–H groups in total. The van der Waals surface area contributed by atoms with E-state index in [0.29, 0.717) is 12.5 Å². The molecule has 2 heterocycles. The van der Waals surface area contributed by atoms with Gasteiger partial charge < -0.3 is 4.74 Å². The topological polar surface area (TPSA) is 35.0 Å². The number of thiazole rings is 1. The zero-order chi connectivity index (χ0) is 13.8. The van der Waals surface area contributed by atoms with Crippen molar-refractivity contribution in [2.75, 3.05) is 6.61 Å². The van der Waals surface area contributed by atoms with Gasteiger partial charge >= 0.3 is 0 Å². The molecule has 20 heavy (non-hydrogen) atoms. The Morgan fingerprint density at radius 1 is 1.20 bits per heavy atom. The van der Waals surface area contributed by atoms with Crippen molar-refractivity contribution in [2.45, 2.75) is 12.3 Å². The van der Waals surface area contributed by atoms with Crippen LogP contribution in [-0.4, -0.2) is 16.6 Å². The Kier molecular flexibility index (Phi) is 4.14. The number of halogens is 1. The van der Waals surface area contributed by atoms with Crippen LogP contribution in [-0.2, 0) is 12.3 Å². The molecule has 0 fully saturated rings. The maximum atomic E-state index is 5.86. The van der Waals surface area contributed by atoms with E-state index in [1.807, 2.05) is 35.7 Å². The predicted octanol–water partition coefficient (Wildman–Crippen LogP) is 4.05. The molecule has 2 aromatic heterocycles. The predicted molar refractivity (Wildman–Crippen MR) is 82.6 cm³/mol. The highest BCUT2D eigenvalue weighted by Gasteiger charge is 2.04. The Labute approximate surface area is 126 Å². The average molecular weight is 305 g/mol. The van der Waals surface area contributed by atoms with E-state index in [0.717, 1.165) is 33.8 Å². The monoisotopic (exact) mass is 304 g/mol. The van der Waals surface area contributed by atoms with E-state index < -0.39 is 0 Å². The molecule has 0 amide bonds. The van der Waals surface area contributed by atoms with Gasteiger partial charge in [-0.3, -0.25) is 4.98 Å². The molecule has 3 nitrogen and oxygen atoms in total. The first kappa shape index (κ1) is 13.3. The Balaban J connectivity index is 1.68. The maximum Gasteiger partial charge on any atom is 0.128 e. The van der Waals surface area contributed by atoms with Crippen LogP contribution in [0.4, 0.5) is 0 Å². The van der Waals surface area contributed by atoms with Crippen molar-refractivity contribution in [2.24, 2.45) is 0 Å². The van der Waals surface area contributed by atoms with Gasteiger partial charge in [-0.1, -0.05) is 6.07 Å². The smallest absolute Gasteiger partial charge is 0.128 e. The first-order valence-electron chi connectivity index (χ1n) is 6.32. The van der Waals surface area contributed by atoms with E-state index in [2.05, 4.69) is 9.97 Å². The van der Waals surface area contributed by atoms with Crippen LogP contribution in [0.25, 0.3) is 10.9 Å². The minimum atomic E-state index is 0.465. The van der Waals surface area contributed by atoms with Crippen molar-refractivity contribution in [1.29, 1.82) is 0 Å². The van der Waals surface area contributed by atoms with E-state index in [1.54, 1.807) is 17.5 Å². The molecule has 0 bridgehead atoms. The molecule has 3 aromatic rings. The van der Waals surface area contributed by atoms with E-state index in [-0.39, 0.29) is 0 Å². The van der Waals surface area contributed by atoms with Crippen molar-refractivity contribution in [3.05, 3.63) is 52.6 Å². The molecule has 3 rings (SSSR count). The highest BCUT2D eigenvalue weighted by molar-refractivity contribution is 7.09.